The van der Waals surface area contributed by atoms with Gasteiger partial charge in [-0.1, -0.05) is 20.8 Å². The summed E-state index contributed by atoms with van der Waals surface area (Å²) in [6.45, 7) is 7.18. The molecule has 0 aliphatic carbocycles. The molecule has 0 spiro atoms. The average molecular weight is 253 g/mol. The molecular formula is C13H19NO4. The third-order valence-corrected chi connectivity index (χ3v) is 2.61. The number of carbonyl (C=O) groups is 2. The summed E-state index contributed by atoms with van der Waals surface area (Å²) in [6, 6.07) is 3.54. The molecule has 0 aromatic carbocycles. The van der Waals surface area contributed by atoms with E-state index in [2.05, 4.69) is 5.32 Å². The lowest BCUT2D eigenvalue weighted by atomic mass is 9.80. The molecule has 0 aliphatic heterocycles. The van der Waals surface area contributed by atoms with Crippen LogP contribution in [0.3, 0.4) is 0 Å². The van der Waals surface area contributed by atoms with Crippen molar-refractivity contribution in [1.82, 2.24) is 5.32 Å². The number of aryl methyl sites for hydroxylation is 1. The fourth-order valence-corrected chi connectivity index (χ4v) is 1.73. The molecule has 1 aromatic rings. The largest absolute Gasteiger partial charge is 0.481 e. The van der Waals surface area contributed by atoms with Crippen LogP contribution < -0.4 is 5.32 Å². The molecule has 0 saturated heterocycles. The van der Waals surface area contributed by atoms with Crippen LogP contribution in [0.2, 0.25) is 0 Å². The first-order valence-corrected chi connectivity index (χ1v) is 5.77. The van der Waals surface area contributed by atoms with E-state index in [0.29, 0.717) is 5.76 Å². The van der Waals surface area contributed by atoms with Gasteiger partial charge in [0, 0.05) is 0 Å². The van der Waals surface area contributed by atoms with Crippen molar-refractivity contribution in [3.05, 3.63) is 23.7 Å². The van der Waals surface area contributed by atoms with Crippen molar-refractivity contribution in [2.45, 2.75) is 34.2 Å². The Kier molecular flexibility index (Phi) is 4.16. The minimum atomic E-state index is -1.12. The fourth-order valence-electron chi connectivity index (χ4n) is 1.73. The zero-order valence-corrected chi connectivity index (χ0v) is 11.1. The molecule has 1 unspecified atom stereocenters. The van der Waals surface area contributed by atoms with Crippen molar-refractivity contribution in [3.63, 3.8) is 0 Å². The van der Waals surface area contributed by atoms with Crippen molar-refractivity contribution in [3.8, 4) is 0 Å². The summed E-state index contributed by atoms with van der Waals surface area (Å²) in [7, 11) is 0. The number of amides is 1. The molecule has 18 heavy (non-hydrogen) atoms. The van der Waals surface area contributed by atoms with E-state index in [0.717, 1.165) is 5.76 Å². The Morgan fingerprint density at radius 2 is 2.00 bits per heavy atom. The summed E-state index contributed by atoms with van der Waals surface area (Å²) in [5.41, 5.74) is -0.630. The molecule has 1 rings (SSSR count). The standard InChI is InChI=1S/C13H19NO4/c1-8-5-6-9(18-8)7-14-11(15)10(12(16)17)13(2,3)4/h5-6,10H,7H2,1-4H3,(H,14,15)(H,16,17). The van der Waals surface area contributed by atoms with Crippen molar-refractivity contribution in [2.24, 2.45) is 11.3 Å². The first kappa shape index (κ1) is 14.3. The molecule has 0 aliphatic rings. The number of hydrogen-bond acceptors (Lipinski definition) is 3. The highest BCUT2D eigenvalue weighted by molar-refractivity contribution is 5.97. The van der Waals surface area contributed by atoms with Crippen molar-refractivity contribution in [2.75, 3.05) is 0 Å². The van der Waals surface area contributed by atoms with Gasteiger partial charge >= 0.3 is 5.97 Å². The lowest BCUT2D eigenvalue weighted by molar-refractivity contribution is -0.151. The number of rotatable bonds is 4. The molecule has 100 valence electrons. The molecule has 2 N–H and O–H groups in total. The van der Waals surface area contributed by atoms with Crippen LogP contribution in [0.5, 0.6) is 0 Å². The van der Waals surface area contributed by atoms with E-state index in [-0.39, 0.29) is 6.54 Å². The Morgan fingerprint density at radius 3 is 2.39 bits per heavy atom. The van der Waals surface area contributed by atoms with E-state index < -0.39 is 23.2 Å². The number of carbonyl (C=O) groups excluding carboxylic acids is 1. The van der Waals surface area contributed by atoms with Gasteiger partial charge in [0.25, 0.3) is 0 Å². The smallest absolute Gasteiger partial charge is 0.316 e. The monoisotopic (exact) mass is 253 g/mol. The highest BCUT2D eigenvalue weighted by Gasteiger charge is 2.37. The lowest BCUT2D eigenvalue weighted by Gasteiger charge is -2.25. The third kappa shape index (κ3) is 3.61. The summed E-state index contributed by atoms with van der Waals surface area (Å²) in [4.78, 5) is 23.0. The zero-order valence-electron chi connectivity index (χ0n) is 11.1. The predicted molar refractivity (Wildman–Crippen MR) is 65.9 cm³/mol. The fraction of sp³-hybridized carbons (Fsp3) is 0.538. The van der Waals surface area contributed by atoms with Gasteiger partial charge in [-0.15, -0.1) is 0 Å². The number of nitrogens with one attached hydrogen (secondary N) is 1. The maximum Gasteiger partial charge on any atom is 0.316 e. The number of carboxylic acids is 1. The zero-order chi connectivity index (χ0) is 13.9. The van der Waals surface area contributed by atoms with E-state index in [4.69, 9.17) is 9.52 Å². The third-order valence-electron chi connectivity index (χ3n) is 2.61. The minimum absolute atomic E-state index is 0.201. The number of carboxylic acid groups (broad SMARTS) is 1. The molecule has 1 atom stereocenters. The Morgan fingerprint density at radius 1 is 1.39 bits per heavy atom. The van der Waals surface area contributed by atoms with Gasteiger partial charge in [-0.2, -0.15) is 0 Å². The Bertz CT molecular complexity index is 442. The first-order valence-electron chi connectivity index (χ1n) is 5.77. The van der Waals surface area contributed by atoms with Crippen LogP contribution in [0.25, 0.3) is 0 Å². The molecule has 0 saturated carbocycles. The van der Waals surface area contributed by atoms with Gasteiger partial charge in [-0.05, 0) is 24.5 Å². The van der Waals surface area contributed by atoms with Crippen LogP contribution in [0.1, 0.15) is 32.3 Å². The molecule has 5 heteroatoms. The molecule has 0 radical (unpaired) electrons. The maximum absolute atomic E-state index is 11.9. The van der Waals surface area contributed by atoms with E-state index in [1.165, 1.54) is 0 Å². The van der Waals surface area contributed by atoms with Gasteiger partial charge in [0.05, 0.1) is 6.54 Å². The topological polar surface area (TPSA) is 79.5 Å². The summed E-state index contributed by atoms with van der Waals surface area (Å²) in [5, 5.41) is 11.7. The Hall–Kier alpha value is -1.78. The second-order valence-electron chi connectivity index (χ2n) is 5.37. The van der Waals surface area contributed by atoms with E-state index in [9.17, 15) is 9.59 Å². The van der Waals surface area contributed by atoms with Crippen molar-refractivity contribution in [1.29, 1.82) is 0 Å². The van der Waals surface area contributed by atoms with Crippen LogP contribution in [0.15, 0.2) is 16.5 Å². The second kappa shape index (κ2) is 5.25. The number of aliphatic carboxylic acids is 1. The van der Waals surface area contributed by atoms with Gasteiger partial charge in [0.1, 0.15) is 17.4 Å². The van der Waals surface area contributed by atoms with Crippen LogP contribution in [-0.2, 0) is 16.1 Å². The molecular weight excluding hydrogens is 234 g/mol. The highest BCUT2D eigenvalue weighted by atomic mass is 16.4. The number of hydrogen-bond donors (Lipinski definition) is 2. The Labute approximate surface area is 106 Å². The summed E-state index contributed by atoms with van der Waals surface area (Å²) < 4.78 is 5.30. The maximum atomic E-state index is 11.9. The Balaban J connectivity index is 2.66. The second-order valence-corrected chi connectivity index (χ2v) is 5.37. The molecule has 0 bridgehead atoms. The highest BCUT2D eigenvalue weighted by Crippen LogP contribution is 2.26. The molecule has 1 heterocycles. The van der Waals surface area contributed by atoms with Crippen LogP contribution in [0.4, 0.5) is 0 Å². The lowest BCUT2D eigenvalue weighted by Crippen LogP contribution is -2.42. The molecule has 0 fully saturated rings. The van der Waals surface area contributed by atoms with Gasteiger partial charge in [-0.25, -0.2) is 0 Å². The normalized spacial score (nSPS) is 13.1. The van der Waals surface area contributed by atoms with Gasteiger partial charge < -0.3 is 14.8 Å². The summed E-state index contributed by atoms with van der Waals surface area (Å²) in [5.74, 6) is -1.32. The van der Waals surface area contributed by atoms with Gasteiger partial charge in [0.2, 0.25) is 5.91 Å². The van der Waals surface area contributed by atoms with E-state index in [1.54, 1.807) is 39.8 Å². The summed E-state index contributed by atoms with van der Waals surface area (Å²) >= 11 is 0. The predicted octanol–water partition coefficient (Wildman–Crippen LogP) is 1.95. The molecule has 1 amide bonds. The van der Waals surface area contributed by atoms with Crippen molar-refractivity contribution >= 4 is 11.9 Å². The van der Waals surface area contributed by atoms with E-state index in [1.807, 2.05) is 0 Å². The van der Waals surface area contributed by atoms with E-state index >= 15 is 0 Å². The van der Waals surface area contributed by atoms with Crippen LogP contribution in [0, 0.1) is 18.3 Å². The van der Waals surface area contributed by atoms with Crippen LogP contribution in [-0.4, -0.2) is 17.0 Å². The molecule has 1 aromatic heterocycles. The summed E-state index contributed by atoms with van der Waals surface area (Å²) in [6.07, 6.45) is 0. The van der Waals surface area contributed by atoms with Gasteiger partial charge in [-0.3, -0.25) is 9.59 Å². The minimum Gasteiger partial charge on any atom is -0.481 e. The van der Waals surface area contributed by atoms with Crippen LogP contribution >= 0.6 is 0 Å². The average Bonchev–Trinajstić information content (AvgIpc) is 2.58. The van der Waals surface area contributed by atoms with Gasteiger partial charge in [0.15, 0.2) is 0 Å². The first-order chi connectivity index (χ1) is 8.21. The van der Waals surface area contributed by atoms with Crippen molar-refractivity contribution < 1.29 is 19.1 Å². The molecule has 5 nitrogen and oxygen atoms in total. The SMILES string of the molecule is Cc1ccc(CNC(=O)C(C(=O)O)C(C)(C)C)o1. The number of furan rings is 1. The quantitative estimate of drug-likeness (QED) is 0.804.